The van der Waals surface area contributed by atoms with Crippen molar-refractivity contribution >= 4 is 10.9 Å². The van der Waals surface area contributed by atoms with Crippen LogP contribution in [-0.2, 0) is 19.4 Å². The van der Waals surface area contributed by atoms with Gasteiger partial charge in [0.05, 0.1) is 12.6 Å². The molecule has 1 aliphatic heterocycles. The predicted octanol–water partition coefficient (Wildman–Crippen LogP) is 6.60. The zero-order valence-corrected chi connectivity index (χ0v) is 20.2. The molecule has 0 fully saturated rings. The van der Waals surface area contributed by atoms with E-state index < -0.39 is 0 Å². The van der Waals surface area contributed by atoms with Gasteiger partial charge in [-0.3, -0.25) is 0 Å². The molecule has 4 aromatic carbocycles. The standard InChI is InChI=1S/C32H30N2O2/c1-3-8-23(9-4-1)17-19-35-26-13-7-12-25(20-26)31-32-28(16-18-33-31)29-21-27(14-15-30(29)34-32)36-22-24-10-5-2-6-11-24/h1-15,20-21,31,33-34H,16-19,22H2. The maximum absolute atomic E-state index is 6.11. The second-order valence-electron chi connectivity index (χ2n) is 9.29. The van der Waals surface area contributed by atoms with Crippen LogP contribution in [0.25, 0.3) is 10.9 Å². The maximum Gasteiger partial charge on any atom is 0.120 e. The van der Waals surface area contributed by atoms with Gasteiger partial charge in [0.1, 0.15) is 18.1 Å². The quantitative estimate of drug-likeness (QED) is 0.266. The number of benzene rings is 4. The van der Waals surface area contributed by atoms with Crippen LogP contribution in [0.2, 0.25) is 0 Å². The van der Waals surface area contributed by atoms with Gasteiger partial charge in [0.25, 0.3) is 0 Å². The SMILES string of the molecule is c1ccc(CCOc2cccc(C3NCCc4c3[nH]c3ccc(OCc5ccccc5)cc43)c2)cc1. The van der Waals surface area contributed by atoms with Crippen molar-refractivity contribution in [3.63, 3.8) is 0 Å². The highest BCUT2D eigenvalue weighted by Crippen LogP contribution is 2.36. The summed E-state index contributed by atoms with van der Waals surface area (Å²) in [6.45, 7) is 2.16. The first-order valence-electron chi connectivity index (χ1n) is 12.6. The molecule has 0 saturated heterocycles. The first kappa shape index (κ1) is 22.4. The highest BCUT2D eigenvalue weighted by atomic mass is 16.5. The van der Waals surface area contributed by atoms with E-state index in [9.17, 15) is 0 Å². The number of fused-ring (bicyclic) bond motifs is 3. The van der Waals surface area contributed by atoms with Crippen LogP contribution in [-0.4, -0.2) is 18.1 Å². The Labute approximate surface area is 211 Å². The lowest BCUT2D eigenvalue weighted by molar-refractivity contribution is 0.306. The third-order valence-corrected chi connectivity index (χ3v) is 6.86. The van der Waals surface area contributed by atoms with Gasteiger partial charge < -0.3 is 19.8 Å². The number of nitrogens with one attached hydrogen (secondary N) is 2. The summed E-state index contributed by atoms with van der Waals surface area (Å²) in [5.41, 5.74) is 7.42. The van der Waals surface area contributed by atoms with Crippen LogP contribution >= 0.6 is 0 Å². The summed E-state index contributed by atoms with van der Waals surface area (Å²) in [6, 6.07) is 35.7. The van der Waals surface area contributed by atoms with E-state index in [1.54, 1.807) is 0 Å². The summed E-state index contributed by atoms with van der Waals surface area (Å²) in [7, 11) is 0. The number of aromatic amines is 1. The molecule has 2 N–H and O–H groups in total. The topological polar surface area (TPSA) is 46.3 Å². The fourth-order valence-electron chi connectivity index (χ4n) is 5.04. The Hall–Kier alpha value is -4.02. The molecule has 0 spiro atoms. The van der Waals surface area contributed by atoms with Crippen molar-refractivity contribution in [3.05, 3.63) is 131 Å². The van der Waals surface area contributed by atoms with E-state index in [1.165, 1.54) is 33.3 Å². The Morgan fingerprint density at radius 2 is 1.50 bits per heavy atom. The van der Waals surface area contributed by atoms with Crippen LogP contribution in [0.3, 0.4) is 0 Å². The van der Waals surface area contributed by atoms with E-state index >= 15 is 0 Å². The zero-order chi connectivity index (χ0) is 24.2. The van der Waals surface area contributed by atoms with Gasteiger partial charge in [-0.1, -0.05) is 72.8 Å². The summed E-state index contributed by atoms with van der Waals surface area (Å²) in [5, 5.41) is 4.95. The molecule has 1 aliphatic rings. The van der Waals surface area contributed by atoms with E-state index in [1.807, 2.05) is 30.3 Å². The Balaban J connectivity index is 1.20. The van der Waals surface area contributed by atoms with Gasteiger partial charge in [0.2, 0.25) is 0 Å². The molecule has 0 aliphatic carbocycles. The molecule has 4 nitrogen and oxygen atoms in total. The largest absolute Gasteiger partial charge is 0.493 e. The number of aromatic nitrogens is 1. The van der Waals surface area contributed by atoms with Gasteiger partial charge in [-0.15, -0.1) is 0 Å². The molecule has 1 atom stereocenters. The second-order valence-corrected chi connectivity index (χ2v) is 9.29. The Kier molecular flexibility index (Phi) is 6.43. The Morgan fingerprint density at radius 3 is 2.33 bits per heavy atom. The molecule has 0 saturated carbocycles. The van der Waals surface area contributed by atoms with E-state index in [0.29, 0.717) is 13.2 Å². The van der Waals surface area contributed by atoms with E-state index in [0.717, 1.165) is 36.4 Å². The fraction of sp³-hybridized carbons (Fsp3) is 0.188. The number of hydrogen-bond donors (Lipinski definition) is 2. The molecule has 2 heterocycles. The molecule has 0 amide bonds. The van der Waals surface area contributed by atoms with Crippen molar-refractivity contribution in [1.29, 1.82) is 0 Å². The summed E-state index contributed by atoms with van der Waals surface area (Å²) >= 11 is 0. The van der Waals surface area contributed by atoms with Crippen LogP contribution in [0.1, 0.15) is 34.0 Å². The lowest BCUT2D eigenvalue weighted by atomic mass is 9.94. The Bertz CT molecular complexity index is 1440. The van der Waals surface area contributed by atoms with Crippen molar-refractivity contribution in [2.45, 2.75) is 25.5 Å². The van der Waals surface area contributed by atoms with Gasteiger partial charge in [-0.2, -0.15) is 0 Å². The molecule has 180 valence electrons. The minimum atomic E-state index is 0.104. The van der Waals surface area contributed by atoms with Crippen molar-refractivity contribution < 1.29 is 9.47 Å². The van der Waals surface area contributed by atoms with E-state index in [4.69, 9.17) is 9.47 Å². The minimum absolute atomic E-state index is 0.104. The average Bonchev–Trinajstić information content (AvgIpc) is 3.31. The average molecular weight is 475 g/mol. The number of H-pyrrole nitrogens is 1. The monoisotopic (exact) mass is 474 g/mol. The van der Waals surface area contributed by atoms with Gasteiger partial charge in [-0.05, 0) is 59.0 Å². The third-order valence-electron chi connectivity index (χ3n) is 6.86. The summed E-state index contributed by atoms with van der Waals surface area (Å²) in [4.78, 5) is 3.69. The minimum Gasteiger partial charge on any atom is -0.493 e. The lowest BCUT2D eigenvalue weighted by Gasteiger charge is -2.25. The van der Waals surface area contributed by atoms with Crippen LogP contribution in [0.4, 0.5) is 0 Å². The second kappa shape index (κ2) is 10.3. The molecule has 0 radical (unpaired) electrons. The highest BCUT2D eigenvalue weighted by molar-refractivity contribution is 5.86. The molecule has 1 aromatic heterocycles. The van der Waals surface area contributed by atoms with Gasteiger partial charge in [0.15, 0.2) is 0 Å². The van der Waals surface area contributed by atoms with Crippen LogP contribution in [0.5, 0.6) is 11.5 Å². The molecule has 1 unspecified atom stereocenters. The molecule has 0 bridgehead atoms. The molecule has 4 heteroatoms. The molecular weight excluding hydrogens is 444 g/mol. The molecule has 36 heavy (non-hydrogen) atoms. The number of ether oxygens (including phenoxy) is 2. The first-order valence-corrected chi connectivity index (χ1v) is 12.6. The van der Waals surface area contributed by atoms with Crippen LogP contribution in [0.15, 0.2) is 103 Å². The summed E-state index contributed by atoms with van der Waals surface area (Å²) in [6.07, 6.45) is 1.88. The predicted molar refractivity (Wildman–Crippen MR) is 145 cm³/mol. The lowest BCUT2D eigenvalue weighted by Crippen LogP contribution is -2.30. The van der Waals surface area contributed by atoms with Gasteiger partial charge in [0, 0.05) is 29.6 Å². The zero-order valence-electron chi connectivity index (χ0n) is 20.2. The number of rotatable bonds is 8. The molecule has 6 rings (SSSR count). The van der Waals surface area contributed by atoms with Gasteiger partial charge >= 0.3 is 0 Å². The summed E-state index contributed by atoms with van der Waals surface area (Å²) in [5.74, 6) is 1.81. The normalized spacial score (nSPS) is 14.9. The molecule has 5 aromatic rings. The van der Waals surface area contributed by atoms with Crippen molar-refractivity contribution in [3.8, 4) is 11.5 Å². The van der Waals surface area contributed by atoms with Gasteiger partial charge in [-0.25, -0.2) is 0 Å². The third kappa shape index (κ3) is 4.86. The number of hydrogen-bond acceptors (Lipinski definition) is 3. The molecular formula is C32H30N2O2. The van der Waals surface area contributed by atoms with Crippen molar-refractivity contribution in [1.82, 2.24) is 10.3 Å². The smallest absolute Gasteiger partial charge is 0.120 e. The highest BCUT2D eigenvalue weighted by Gasteiger charge is 2.25. The van der Waals surface area contributed by atoms with E-state index in [-0.39, 0.29) is 6.04 Å². The van der Waals surface area contributed by atoms with Crippen LogP contribution < -0.4 is 14.8 Å². The first-order chi connectivity index (χ1) is 17.8. The van der Waals surface area contributed by atoms with Crippen LogP contribution in [0, 0.1) is 0 Å². The van der Waals surface area contributed by atoms with Crippen molar-refractivity contribution in [2.24, 2.45) is 0 Å². The van der Waals surface area contributed by atoms with Crippen molar-refractivity contribution in [2.75, 3.05) is 13.2 Å². The maximum atomic E-state index is 6.11. The fourth-order valence-corrected chi connectivity index (χ4v) is 5.04. The van der Waals surface area contributed by atoms with E-state index in [2.05, 4.69) is 83.1 Å². The summed E-state index contributed by atoms with van der Waals surface area (Å²) < 4.78 is 12.2. The Morgan fingerprint density at radius 1 is 0.722 bits per heavy atom.